The highest BCUT2D eigenvalue weighted by atomic mass is 19.1. The van der Waals surface area contributed by atoms with Crippen molar-refractivity contribution in [1.82, 2.24) is 4.90 Å². The minimum atomic E-state index is -0.930. The van der Waals surface area contributed by atoms with E-state index in [4.69, 9.17) is 0 Å². The second-order valence-electron chi connectivity index (χ2n) is 8.58. The van der Waals surface area contributed by atoms with Crippen molar-refractivity contribution in [3.63, 3.8) is 0 Å². The smallest absolute Gasteiger partial charge is 0.324 e. The highest BCUT2D eigenvalue weighted by molar-refractivity contribution is 5.80. The Balaban J connectivity index is 2.48. The third-order valence-corrected chi connectivity index (χ3v) is 5.22. The van der Waals surface area contributed by atoms with Crippen molar-refractivity contribution in [2.24, 2.45) is 17.3 Å². The molecule has 0 saturated carbocycles. The summed E-state index contributed by atoms with van der Waals surface area (Å²) in [5.41, 5.74) is -0.159. The molecule has 134 valence electrons. The minimum absolute atomic E-state index is 0.0475. The molecule has 24 heavy (non-hydrogen) atoms. The van der Waals surface area contributed by atoms with E-state index in [1.807, 2.05) is 0 Å². The van der Waals surface area contributed by atoms with Crippen molar-refractivity contribution in [2.45, 2.75) is 53.0 Å². The maximum Gasteiger partial charge on any atom is 0.324 e. The van der Waals surface area contributed by atoms with Crippen LogP contribution in [0.1, 0.15) is 46.6 Å². The Morgan fingerprint density at radius 3 is 2.38 bits per heavy atom. The summed E-state index contributed by atoms with van der Waals surface area (Å²) in [7, 11) is 0. The number of carbonyl (C=O) groups is 1. The van der Waals surface area contributed by atoms with E-state index in [9.17, 15) is 14.3 Å². The zero-order valence-electron chi connectivity index (χ0n) is 15.5. The first kappa shape index (κ1) is 18.9. The second kappa shape index (κ2) is 6.83. The number of halogens is 1. The zero-order chi connectivity index (χ0) is 18.1. The SMILES string of the molecule is CC(C)CN1CCC(C(C)(C)C)[C@@]1(Cc1ccc(F)cc1)C(=O)O. The van der Waals surface area contributed by atoms with Gasteiger partial charge in [-0.2, -0.15) is 0 Å². The highest BCUT2D eigenvalue weighted by Crippen LogP contribution is 2.47. The lowest BCUT2D eigenvalue weighted by molar-refractivity contribution is -0.155. The molecule has 1 aromatic rings. The molecule has 1 aromatic carbocycles. The Morgan fingerprint density at radius 1 is 1.33 bits per heavy atom. The molecule has 0 amide bonds. The zero-order valence-corrected chi connectivity index (χ0v) is 15.5. The predicted octanol–water partition coefficient (Wildman–Crippen LogP) is 4.22. The Morgan fingerprint density at radius 2 is 1.92 bits per heavy atom. The number of carboxylic acid groups (broad SMARTS) is 1. The quantitative estimate of drug-likeness (QED) is 0.876. The van der Waals surface area contributed by atoms with Crippen molar-refractivity contribution in [1.29, 1.82) is 0 Å². The summed E-state index contributed by atoms with van der Waals surface area (Å²) in [5, 5.41) is 10.3. The predicted molar refractivity (Wildman–Crippen MR) is 94.4 cm³/mol. The summed E-state index contributed by atoms with van der Waals surface area (Å²) in [6, 6.07) is 6.26. The average molecular weight is 335 g/mol. The summed E-state index contributed by atoms with van der Waals surface area (Å²) in [6.07, 6.45) is 1.29. The Kier molecular flexibility index (Phi) is 5.38. The fraction of sp³-hybridized carbons (Fsp3) is 0.650. The summed E-state index contributed by atoms with van der Waals surface area (Å²) in [4.78, 5) is 14.7. The van der Waals surface area contributed by atoms with E-state index in [1.54, 1.807) is 12.1 Å². The van der Waals surface area contributed by atoms with Crippen molar-refractivity contribution >= 4 is 5.97 Å². The molecule has 1 aliphatic heterocycles. The van der Waals surface area contributed by atoms with Crippen LogP contribution in [0.15, 0.2) is 24.3 Å². The number of nitrogens with zero attached hydrogens (tertiary/aromatic N) is 1. The molecule has 1 N–H and O–H groups in total. The van der Waals surface area contributed by atoms with E-state index in [2.05, 4.69) is 39.5 Å². The third kappa shape index (κ3) is 3.64. The molecule has 3 nitrogen and oxygen atoms in total. The van der Waals surface area contributed by atoms with Gasteiger partial charge in [-0.3, -0.25) is 9.69 Å². The first-order chi connectivity index (χ1) is 11.1. The van der Waals surface area contributed by atoms with Gasteiger partial charge in [-0.15, -0.1) is 0 Å². The number of hydrogen-bond acceptors (Lipinski definition) is 2. The van der Waals surface area contributed by atoms with Crippen LogP contribution in [0.3, 0.4) is 0 Å². The van der Waals surface area contributed by atoms with Gasteiger partial charge < -0.3 is 5.11 Å². The number of aliphatic carboxylic acids is 1. The largest absolute Gasteiger partial charge is 0.480 e. The maximum absolute atomic E-state index is 13.2. The van der Waals surface area contributed by atoms with Gasteiger partial charge in [-0.05, 0) is 47.9 Å². The average Bonchev–Trinajstić information content (AvgIpc) is 2.80. The van der Waals surface area contributed by atoms with Crippen molar-refractivity contribution in [3.05, 3.63) is 35.6 Å². The van der Waals surface area contributed by atoms with Crippen molar-refractivity contribution in [2.75, 3.05) is 13.1 Å². The fourth-order valence-electron chi connectivity index (χ4n) is 4.30. The van der Waals surface area contributed by atoms with Gasteiger partial charge in [0.1, 0.15) is 11.4 Å². The number of hydrogen-bond donors (Lipinski definition) is 1. The standard InChI is InChI=1S/C20H30FNO2/c1-14(2)13-22-11-10-17(19(3,4)5)20(22,18(23)24)12-15-6-8-16(21)9-7-15/h6-9,14,17H,10-13H2,1-5H3,(H,23,24)/t17?,20-/m0/s1. The van der Waals surface area contributed by atoms with E-state index in [-0.39, 0.29) is 17.2 Å². The molecule has 0 radical (unpaired) electrons. The number of carboxylic acids is 1. The molecule has 0 aromatic heterocycles. The van der Waals surface area contributed by atoms with Crippen LogP contribution < -0.4 is 0 Å². The van der Waals surface area contributed by atoms with Gasteiger partial charge in [0.25, 0.3) is 0 Å². The summed E-state index contributed by atoms with van der Waals surface area (Å²) < 4.78 is 13.2. The first-order valence-corrected chi connectivity index (χ1v) is 8.80. The molecular formula is C20H30FNO2. The van der Waals surface area contributed by atoms with E-state index >= 15 is 0 Å². The normalized spacial score (nSPS) is 25.4. The third-order valence-electron chi connectivity index (χ3n) is 5.22. The molecule has 2 atom stereocenters. The molecule has 4 heteroatoms. The molecule has 2 rings (SSSR count). The Bertz CT molecular complexity index is 576. The lowest BCUT2D eigenvalue weighted by atomic mass is 9.67. The van der Waals surface area contributed by atoms with Gasteiger partial charge in [-0.1, -0.05) is 46.8 Å². The van der Waals surface area contributed by atoms with Gasteiger partial charge in [0.15, 0.2) is 0 Å². The van der Waals surface area contributed by atoms with Gasteiger partial charge in [0, 0.05) is 13.0 Å². The van der Waals surface area contributed by atoms with E-state index < -0.39 is 11.5 Å². The van der Waals surface area contributed by atoms with Gasteiger partial charge in [-0.25, -0.2) is 4.39 Å². The molecule has 1 unspecified atom stereocenters. The van der Waals surface area contributed by atoms with Gasteiger partial charge >= 0.3 is 5.97 Å². The fourth-order valence-corrected chi connectivity index (χ4v) is 4.30. The van der Waals surface area contributed by atoms with Crippen molar-refractivity contribution < 1.29 is 14.3 Å². The number of likely N-dealkylation sites (tertiary alicyclic amines) is 1. The van der Waals surface area contributed by atoms with Crippen LogP contribution in [0.4, 0.5) is 4.39 Å². The molecule has 0 spiro atoms. The van der Waals surface area contributed by atoms with Gasteiger partial charge in [0.2, 0.25) is 0 Å². The molecule has 1 saturated heterocycles. The van der Waals surface area contributed by atoms with E-state index in [0.717, 1.165) is 25.1 Å². The van der Waals surface area contributed by atoms with E-state index in [1.165, 1.54) is 12.1 Å². The Hall–Kier alpha value is -1.42. The van der Waals surface area contributed by atoms with Crippen LogP contribution in [-0.4, -0.2) is 34.6 Å². The maximum atomic E-state index is 13.2. The first-order valence-electron chi connectivity index (χ1n) is 8.80. The second-order valence-corrected chi connectivity index (χ2v) is 8.58. The van der Waals surface area contributed by atoms with Crippen molar-refractivity contribution in [3.8, 4) is 0 Å². The van der Waals surface area contributed by atoms with Crippen LogP contribution in [0.2, 0.25) is 0 Å². The summed E-state index contributed by atoms with van der Waals surface area (Å²) >= 11 is 0. The molecule has 1 heterocycles. The monoisotopic (exact) mass is 335 g/mol. The molecule has 1 aliphatic rings. The minimum Gasteiger partial charge on any atom is -0.480 e. The van der Waals surface area contributed by atoms with Crippen LogP contribution in [0.25, 0.3) is 0 Å². The lowest BCUT2D eigenvalue weighted by Gasteiger charge is -2.44. The topological polar surface area (TPSA) is 40.5 Å². The van der Waals surface area contributed by atoms with E-state index in [0.29, 0.717) is 12.3 Å². The molecule has 0 aliphatic carbocycles. The highest BCUT2D eigenvalue weighted by Gasteiger charge is 2.57. The summed E-state index contributed by atoms with van der Waals surface area (Å²) in [5.74, 6) is -0.604. The van der Waals surface area contributed by atoms with Gasteiger partial charge in [0.05, 0.1) is 0 Å². The summed E-state index contributed by atoms with van der Waals surface area (Å²) in [6.45, 7) is 12.2. The number of benzene rings is 1. The molecule has 0 bridgehead atoms. The van der Waals surface area contributed by atoms with Crippen LogP contribution >= 0.6 is 0 Å². The van der Waals surface area contributed by atoms with Crippen LogP contribution in [0, 0.1) is 23.1 Å². The van der Waals surface area contributed by atoms with Crippen LogP contribution in [0.5, 0.6) is 0 Å². The molecule has 1 fully saturated rings. The lowest BCUT2D eigenvalue weighted by Crippen LogP contribution is -2.59. The molecular weight excluding hydrogens is 305 g/mol. The van der Waals surface area contributed by atoms with Crippen LogP contribution in [-0.2, 0) is 11.2 Å². The number of rotatable bonds is 5. The Labute approximate surface area is 144 Å².